The van der Waals surface area contributed by atoms with Crippen molar-refractivity contribution >= 4 is 11.9 Å². The minimum Gasteiger partial charge on any atom is -0.423 e. The quantitative estimate of drug-likeness (QED) is 0.0632. The van der Waals surface area contributed by atoms with Gasteiger partial charge in [0, 0.05) is 0 Å². The number of carbonyl (C=O) groups is 2. The van der Waals surface area contributed by atoms with Crippen LogP contribution in [0.15, 0.2) is 97.1 Å². The Labute approximate surface area is 274 Å². The van der Waals surface area contributed by atoms with E-state index in [1.807, 2.05) is 66.7 Å². The van der Waals surface area contributed by atoms with E-state index in [1.54, 1.807) is 24.3 Å². The van der Waals surface area contributed by atoms with Crippen LogP contribution in [0.1, 0.15) is 114 Å². The third-order valence-electron chi connectivity index (χ3n) is 8.21. The summed E-state index contributed by atoms with van der Waals surface area (Å²) >= 11 is 0. The lowest BCUT2D eigenvalue weighted by molar-refractivity contribution is 0.0725. The van der Waals surface area contributed by atoms with E-state index in [-0.39, 0.29) is 5.97 Å². The molecule has 4 rings (SSSR count). The van der Waals surface area contributed by atoms with Gasteiger partial charge in [-0.2, -0.15) is 5.26 Å². The Morgan fingerprint density at radius 3 is 1.24 bits per heavy atom. The smallest absolute Gasteiger partial charge is 0.343 e. The number of carbonyl (C=O) groups excluding carboxylic acids is 2. The molecule has 0 aliphatic heterocycles. The summed E-state index contributed by atoms with van der Waals surface area (Å²) in [7, 11) is 0. The van der Waals surface area contributed by atoms with E-state index in [0.29, 0.717) is 28.2 Å². The van der Waals surface area contributed by atoms with Crippen molar-refractivity contribution in [2.24, 2.45) is 0 Å². The topological polar surface area (TPSA) is 76.4 Å². The molecule has 4 aromatic carbocycles. The SMILES string of the molecule is CCCCCc1ccc(C(=O)Oc2ccc(CCCCCCCCCc3ccc(OC(=O)c4ccc(C#N)cc4)cc3)cc2)cc1. The molecule has 5 nitrogen and oxygen atoms in total. The molecule has 4 aromatic rings. The molecule has 0 bridgehead atoms. The molecule has 0 fully saturated rings. The maximum atomic E-state index is 12.5. The second-order valence-corrected chi connectivity index (χ2v) is 11.9. The Hall–Kier alpha value is -4.69. The Morgan fingerprint density at radius 2 is 0.848 bits per heavy atom. The number of unbranched alkanes of at least 4 members (excludes halogenated alkanes) is 8. The summed E-state index contributed by atoms with van der Waals surface area (Å²) in [5, 5.41) is 8.89. The highest BCUT2D eigenvalue weighted by Crippen LogP contribution is 2.19. The predicted octanol–water partition coefficient (Wildman–Crippen LogP) is 10.2. The lowest BCUT2D eigenvalue weighted by atomic mass is 10.0. The average Bonchev–Trinajstić information content (AvgIpc) is 3.09. The Bertz CT molecular complexity index is 1530. The van der Waals surface area contributed by atoms with Crippen molar-refractivity contribution in [2.75, 3.05) is 0 Å². The van der Waals surface area contributed by atoms with Gasteiger partial charge in [-0.25, -0.2) is 9.59 Å². The van der Waals surface area contributed by atoms with Crippen LogP contribution in [0.2, 0.25) is 0 Å². The average molecular weight is 616 g/mol. The third-order valence-corrected chi connectivity index (χ3v) is 8.21. The highest BCUT2D eigenvalue weighted by Gasteiger charge is 2.10. The van der Waals surface area contributed by atoms with Gasteiger partial charge in [0.15, 0.2) is 0 Å². The molecule has 0 heterocycles. The van der Waals surface area contributed by atoms with Gasteiger partial charge in [-0.15, -0.1) is 0 Å². The van der Waals surface area contributed by atoms with Gasteiger partial charge in [0.05, 0.1) is 22.8 Å². The molecule has 46 heavy (non-hydrogen) atoms. The molecule has 238 valence electrons. The first-order valence-electron chi connectivity index (χ1n) is 16.8. The van der Waals surface area contributed by atoms with Gasteiger partial charge < -0.3 is 9.47 Å². The van der Waals surface area contributed by atoms with Crippen molar-refractivity contribution in [3.05, 3.63) is 130 Å². The van der Waals surface area contributed by atoms with Crippen LogP contribution < -0.4 is 9.47 Å². The van der Waals surface area contributed by atoms with E-state index in [2.05, 4.69) is 19.1 Å². The molecular formula is C41H45NO4. The predicted molar refractivity (Wildman–Crippen MR) is 183 cm³/mol. The fourth-order valence-electron chi connectivity index (χ4n) is 5.39. The number of nitrogens with zero attached hydrogens (tertiary/aromatic N) is 1. The van der Waals surface area contributed by atoms with Crippen molar-refractivity contribution in [3.63, 3.8) is 0 Å². The second-order valence-electron chi connectivity index (χ2n) is 11.9. The van der Waals surface area contributed by atoms with E-state index in [9.17, 15) is 9.59 Å². The number of rotatable bonds is 18. The van der Waals surface area contributed by atoms with E-state index >= 15 is 0 Å². The minimum atomic E-state index is -0.428. The summed E-state index contributed by atoms with van der Waals surface area (Å²) in [6.07, 6.45) is 15.2. The van der Waals surface area contributed by atoms with Crippen LogP contribution >= 0.6 is 0 Å². The first-order chi connectivity index (χ1) is 22.5. The molecule has 0 amide bonds. The highest BCUT2D eigenvalue weighted by atomic mass is 16.5. The van der Waals surface area contributed by atoms with E-state index in [0.717, 1.165) is 32.1 Å². The van der Waals surface area contributed by atoms with Crippen LogP contribution in [0.5, 0.6) is 11.5 Å². The molecule has 0 N–H and O–H groups in total. The van der Waals surface area contributed by atoms with Gasteiger partial charge in [0.25, 0.3) is 0 Å². The van der Waals surface area contributed by atoms with Crippen molar-refractivity contribution in [3.8, 4) is 17.6 Å². The third kappa shape index (κ3) is 11.7. The Kier molecular flexibility index (Phi) is 14.1. The molecule has 5 heteroatoms. The molecule has 0 unspecified atom stereocenters. The number of benzene rings is 4. The van der Waals surface area contributed by atoms with Gasteiger partial charge in [0.1, 0.15) is 11.5 Å². The van der Waals surface area contributed by atoms with Crippen LogP contribution in [0.3, 0.4) is 0 Å². The number of ether oxygens (including phenoxy) is 2. The molecule has 0 saturated heterocycles. The molecule has 0 spiro atoms. The summed E-state index contributed by atoms with van der Waals surface area (Å²) in [5.41, 5.74) is 5.29. The van der Waals surface area contributed by atoms with Crippen molar-refractivity contribution in [2.45, 2.75) is 90.4 Å². The first-order valence-corrected chi connectivity index (χ1v) is 16.8. The molecule has 0 saturated carbocycles. The van der Waals surface area contributed by atoms with E-state index in [4.69, 9.17) is 14.7 Å². The highest BCUT2D eigenvalue weighted by molar-refractivity contribution is 5.91. The van der Waals surface area contributed by atoms with Gasteiger partial charge >= 0.3 is 11.9 Å². The van der Waals surface area contributed by atoms with Crippen LogP contribution in [-0.4, -0.2) is 11.9 Å². The number of nitriles is 1. The molecular weight excluding hydrogens is 570 g/mol. The van der Waals surface area contributed by atoms with Gasteiger partial charge in [-0.3, -0.25) is 0 Å². The van der Waals surface area contributed by atoms with Crippen LogP contribution in [0, 0.1) is 11.3 Å². The molecule has 0 aliphatic carbocycles. The van der Waals surface area contributed by atoms with Crippen molar-refractivity contribution < 1.29 is 19.1 Å². The summed E-state index contributed by atoms with van der Waals surface area (Å²) in [6, 6.07) is 31.9. The monoisotopic (exact) mass is 615 g/mol. The zero-order valence-corrected chi connectivity index (χ0v) is 27.0. The summed E-state index contributed by atoms with van der Waals surface area (Å²) in [6.45, 7) is 2.20. The largest absolute Gasteiger partial charge is 0.423 e. The maximum Gasteiger partial charge on any atom is 0.343 e. The van der Waals surface area contributed by atoms with Gasteiger partial charge in [-0.1, -0.05) is 88.3 Å². The van der Waals surface area contributed by atoms with Crippen LogP contribution in [0.25, 0.3) is 0 Å². The first kappa shape index (κ1) is 34.2. The standard InChI is InChI=1S/C41H45NO4/c1-2-3-9-12-32-15-23-36(24-16-32)40(43)45-38-27-19-33(20-28-38)13-10-7-5-4-6-8-11-14-34-21-29-39(30-22-34)46-41(44)37-25-17-35(31-42)18-26-37/h15-30H,2-14H2,1H3. The fourth-order valence-corrected chi connectivity index (χ4v) is 5.39. The Morgan fingerprint density at radius 1 is 0.500 bits per heavy atom. The molecule has 0 radical (unpaired) electrons. The number of hydrogen-bond acceptors (Lipinski definition) is 5. The fraction of sp³-hybridized carbons (Fsp3) is 0.341. The molecule has 0 atom stereocenters. The second kappa shape index (κ2) is 19.0. The lowest BCUT2D eigenvalue weighted by Gasteiger charge is -2.07. The normalized spacial score (nSPS) is 10.7. The number of aryl methyl sites for hydroxylation is 3. The molecule has 0 aromatic heterocycles. The van der Waals surface area contributed by atoms with Crippen molar-refractivity contribution in [1.82, 2.24) is 0 Å². The number of hydrogen-bond donors (Lipinski definition) is 0. The zero-order chi connectivity index (χ0) is 32.4. The van der Waals surface area contributed by atoms with Crippen LogP contribution in [-0.2, 0) is 19.3 Å². The number of esters is 2. The summed E-state index contributed by atoms with van der Waals surface area (Å²) < 4.78 is 11.0. The summed E-state index contributed by atoms with van der Waals surface area (Å²) in [5.74, 6) is 0.361. The van der Waals surface area contributed by atoms with Crippen LogP contribution in [0.4, 0.5) is 0 Å². The lowest BCUT2D eigenvalue weighted by Crippen LogP contribution is -2.08. The summed E-state index contributed by atoms with van der Waals surface area (Å²) in [4.78, 5) is 24.8. The van der Waals surface area contributed by atoms with Gasteiger partial charge in [-0.05, 0) is 116 Å². The zero-order valence-electron chi connectivity index (χ0n) is 27.0. The van der Waals surface area contributed by atoms with Gasteiger partial charge in [0.2, 0.25) is 0 Å². The van der Waals surface area contributed by atoms with Crippen molar-refractivity contribution in [1.29, 1.82) is 5.26 Å². The van der Waals surface area contributed by atoms with E-state index < -0.39 is 5.97 Å². The minimum absolute atomic E-state index is 0.314. The Balaban J connectivity index is 1.03. The van der Waals surface area contributed by atoms with E-state index in [1.165, 1.54) is 68.1 Å². The maximum absolute atomic E-state index is 12.5. The molecule has 0 aliphatic rings.